The molecule has 3 atom stereocenters. The summed E-state index contributed by atoms with van der Waals surface area (Å²) in [7, 11) is -4.26. The van der Waals surface area contributed by atoms with Crippen LogP contribution in [0.25, 0.3) is 0 Å². The summed E-state index contributed by atoms with van der Waals surface area (Å²) in [6.07, 6.45) is 20.5. The maximum atomic E-state index is 11.6. The predicted octanol–water partition coefficient (Wildman–Crippen LogP) is 12.3. The summed E-state index contributed by atoms with van der Waals surface area (Å²) >= 11 is 0. The first-order chi connectivity index (χ1) is 22.3. The van der Waals surface area contributed by atoms with Crippen LogP contribution in [0.2, 0.25) is 55.9 Å². The second kappa shape index (κ2) is 18.9. The third-order valence-corrected chi connectivity index (χ3v) is 21.5. The molecule has 276 valence electrons. The average molecular weight is 719 g/mol. The van der Waals surface area contributed by atoms with Gasteiger partial charge >= 0.3 is 5.97 Å². The zero-order valence-electron chi connectivity index (χ0n) is 33.5. The lowest BCUT2D eigenvalue weighted by atomic mass is 9.89. The number of esters is 1. The molecule has 0 heterocycles. The van der Waals surface area contributed by atoms with Gasteiger partial charge in [0, 0.05) is 18.8 Å². The van der Waals surface area contributed by atoms with Crippen LogP contribution in [0, 0.1) is 11.8 Å². The molecule has 8 heteroatoms. The maximum absolute atomic E-state index is 11.6. The summed E-state index contributed by atoms with van der Waals surface area (Å²) in [4.78, 5) is 11.6. The molecule has 48 heavy (non-hydrogen) atoms. The van der Waals surface area contributed by atoms with Crippen LogP contribution in [0.1, 0.15) is 119 Å². The number of hydrogen-bond acceptors (Lipinski definition) is 5. The number of allylic oxidation sites excluding steroid dienone is 1. The molecule has 2 aliphatic rings. The minimum atomic E-state index is -2.08. The van der Waals surface area contributed by atoms with Crippen LogP contribution in [0.15, 0.2) is 41.4 Å². The highest BCUT2D eigenvalue weighted by atomic mass is 28.4. The van der Waals surface area contributed by atoms with Gasteiger partial charge in [-0.1, -0.05) is 79.4 Å². The SMILES string of the molecule is CC[Si](CC)(CC)OC1CC(O[Si](C)(C)C(C)(C)C)=C(CC=C=CCCC(=O)OC)C1/C=C/CC(C)(CCC1CCCC1)O[Si](C)(C)C. The minimum Gasteiger partial charge on any atom is -0.546 e. The molecule has 0 saturated heterocycles. The second-order valence-corrected chi connectivity index (χ2v) is 31.2. The zero-order chi connectivity index (χ0) is 36.2. The van der Waals surface area contributed by atoms with Gasteiger partial charge in [-0.05, 0) is 119 Å². The van der Waals surface area contributed by atoms with Crippen LogP contribution >= 0.6 is 0 Å². The van der Waals surface area contributed by atoms with E-state index in [2.05, 4.69) is 105 Å². The fourth-order valence-corrected chi connectivity index (χ4v) is 12.9. The largest absolute Gasteiger partial charge is 0.546 e. The Balaban J connectivity index is 2.52. The van der Waals surface area contributed by atoms with Gasteiger partial charge in [-0.3, -0.25) is 4.79 Å². The second-order valence-electron chi connectivity index (χ2n) is 17.3. The Labute approximate surface area is 299 Å². The van der Waals surface area contributed by atoms with E-state index in [0.29, 0.717) is 12.8 Å². The van der Waals surface area contributed by atoms with Gasteiger partial charge in [0.15, 0.2) is 16.6 Å². The molecule has 0 spiro atoms. The molecule has 1 fully saturated rings. The van der Waals surface area contributed by atoms with Crippen molar-refractivity contribution in [1.82, 2.24) is 0 Å². The Morgan fingerprint density at radius 3 is 2.12 bits per heavy atom. The van der Waals surface area contributed by atoms with Crippen molar-refractivity contribution in [2.45, 2.75) is 187 Å². The Kier molecular flexibility index (Phi) is 16.9. The monoisotopic (exact) mass is 718 g/mol. The molecule has 5 nitrogen and oxygen atoms in total. The number of hydrogen-bond donors (Lipinski definition) is 0. The maximum Gasteiger partial charge on any atom is 0.305 e. The third-order valence-electron chi connectivity index (χ3n) is 11.3. The highest BCUT2D eigenvalue weighted by Crippen LogP contribution is 2.46. The van der Waals surface area contributed by atoms with Crippen molar-refractivity contribution in [2.75, 3.05) is 7.11 Å². The van der Waals surface area contributed by atoms with Crippen LogP contribution in [0.3, 0.4) is 0 Å². The summed E-state index contributed by atoms with van der Waals surface area (Å²) in [5.74, 6) is 1.96. The molecule has 3 unspecified atom stereocenters. The van der Waals surface area contributed by atoms with E-state index in [9.17, 15) is 4.79 Å². The summed E-state index contributed by atoms with van der Waals surface area (Å²) in [6, 6.07) is 3.40. The molecular formula is C40H74O5Si3. The molecule has 2 aliphatic carbocycles. The van der Waals surface area contributed by atoms with Crippen LogP contribution in [-0.4, -0.2) is 49.7 Å². The molecule has 0 aromatic carbocycles. The summed E-state index contributed by atoms with van der Waals surface area (Å²) in [5.41, 5.74) is 4.54. The van der Waals surface area contributed by atoms with E-state index in [4.69, 9.17) is 18.0 Å². The van der Waals surface area contributed by atoms with Gasteiger partial charge in [-0.25, -0.2) is 0 Å². The molecule has 0 bridgehead atoms. The fraction of sp³-hybridized carbons (Fsp3) is 0.800. The van der Waals surface area contributed by atoms with E-state index in [-0.39, 0.29) is 28.6 Å². The van der Waals surface area contributed by atoms with E-state index in [1.54, 1.807) is 0 Å². The fourth-order valence-electron chi connectivity index (χ4n) is 7.18. The van der Waals surface area contributed by atoms with Crippen molar-refractivity contribution in [3.05, 3.63) is 41.4 Å². The normalized spacial score (nSPS) is 21.0. The lowest BCUT2D eigenvalue weighted by Crippen LogP contribution is -2.42. The van der Waals surface area contributed by atoms with Gasteiger partial charge in [0.05, 0.1) is 24.6 Å². The highest BCUT2D eigenvalue weighted by Gasteiger charge is 2.45. The molecule has 1 saturated carbocycles. The van der Waals surface area contributed by atoms with Gasteiger partial charge in [-0.15, -0.1) is 5.73 Å². The molecule has 0 aromatic heterocycles. The average Bonchev–Trinajstić information content (AvgIpc) is 3.63. The Morgan fingerprint density at radius 2 is 1.58 bits per heavy atom. The molecule has 0 amide bonds. The van der Waals surface area contributed by atoms with Crippen LogP contribution in [-0.2, 0) is 22.8 Å². The third kappa shape index (κ3) is 13.5. The van der Waals surface area contributed by atoms with Gasteiger partial charge in [0.25, 0.3) is 0 Å². The van der Waals surface area contributed by atoms with Crippen molar-refractivity contribution < 1.29 is 22.8 Å². The molecular weight excluding hydrogens is 645 g/mol. The first-order valence-electron chi connectivity index (χ1n) is 19.2. The van der Waals surface area contributed by atoms with Gasteiger partial charge in [0.2, 0.25) is 8.32 Å². The number of methoxy groups -OCH3 is 1. The first kappa shape index (κ1) is 43.0. The molecule has 0 aliphatic heterocycles. The molecule has 0 radical (unpaired) electrons. The van der Waals surface area contributed by atoms with E-state index < -0.39 is 25.0 Å². The number of ether oxygens (including phenoxy) is 1. The number of carbonyl (C=O) groups is 1. The predicted molar refractivity (Wildman–Crippen MR) is 212 cm³/mol. The smallest absolute Gasteiger partial charge is 0.305 e. The van der Waals surface area contributed by atoms with Crippen molar-refractivity contribution >= 4 is 30.9 Å². The van der Waals surface area contributed by atoms with Gasteiger partial charge in [0.1, 0.15) is 0 Å². The summed E-state index contributed by atoms with van der Waals surface area (Å²) in [6.45, 7) is 28.0. The Hall–Kier alpha value is -1.16. The summed E-state index contributed by atoms with van der Waals surface area (Å²) < 4.78 is 26.3. The molecule has 2 rings (SSSR count). The Bertz CT molecular complexity index is 1120. The molecule has 0 N–H and O–H groups in total. The quantitative estimate of drug-likeness (QED) is 0.0543. The first-order valence-corrected chi connectivity index (χ1v) is 28.1. The minimum absolute atomic E-state index is 0.0851. The van der Waals surface area contributed by atoms with Gasteiger partial charge < -0.3 is 18.0 Å². The van der Waals surface area contributed by atoms with Crippen LogP contribution < -0.4 is 0 Å². The highest BCUT2D eigenvalue weighted by molar-refractivity contribution is 6.74. The Morgan fingerprint density at radius 1 is 0.958 bits per heavy atom. The van der Waals surface area contributed by atoms with E-state index >= 15 is 0 Å². The lowest BCUT2D eigenvalue weighted by molar-refractivity contribution is -0.140. The van der Waals surface area contributed by atoms with E-state index in [1.807, 2.05) is 6.08 Å². The summed E-state index contributed by atoms with van der Waals surface area (Å²) in [5, 5.41) is 0.100. The van der Waals surface area contributed by atoms with E-state index in [1.165, 1.54) is 44.8 Å². The van der Waals surface area contributed by atoms with Crippen LogP contribution in [0.5, 0.6) is 0 Å². The number of rotatable bonds is 20. The van der Waals surface area contributed by atoms with Crippen molar-refractivity contribution in [3.63, 3.8) is 0 Å². The zero-order valence-corrected chi connectivity index (χ0v) is 36.5. The van der Waals surface area contributed by atoms with Crippen molar-refractivity contribution in [1.29, 1.82) is 0 Å². The lowest BCUT2D eigenvalue weighted by Gasteiger charge is -2.37. The van der Waals surface area contributed by atoms with Crippen molar-refractivity contribution in [3.8, 4) is 0 Å². The van der Waals surface area contributed by atoms with Gasteiger partial charge in [-0.2, -0.15) is 0 Å². The topological polar surface area (TPSA) is 54.0 Å². The standard InChI is InChI=1S/C40H74O5Si3/c1-14-48(15-2,16-3)44-37-32-36(43-47(12,13)39(4,5)6)34(26-19-17-18-20-28-38(41)42-8)35(37)27-23-30-40(7,45-46(9,10)11)31-29-33-24-21-22-25-33/h18-19,23,27,33,35,37H,14-16,20-22,24-26,28-32H2,1-13H3/b27-23+. The molecule has 0 aromatic rings. The van der Waals surface area contributed by atoms with Crippen LogP contribution in [0.4, 0.5) is 0 Å². The number of carbonyl (C=O) groups excluding carboxylic acids is 1. The van der Waals surface area contributed by atoms with E-state index in [0.717, 1.165) is 55.5 Å². The van der Waals surface area contributed by atoms with Crippen molar-refractivity contribution in [2.24, 2.45) is 11.8 Å².